The highest BCUT2D eigenvalue weighted by atomic mass is 32.1. The van der Waals surface area contributed by atoms with Crippen LogP contribution in [-0.2, 0) is 4.79 Å². The first-order chi connectivity index (χ1) is 14.0. The topological polar surface area (TPSA) is 101 Å². The molecule has 0 radical (unpaired) electrons. The fourth-order valence-corrected chi connectivity index (χ4v) is 3.35. The van der Waals surface area contributed by atoms with E-state index >= 15 is 0 Å². The molecule has 9 heteroatoms. The van der Waals surface area contributed by atoms with E-state index in [0.29, 0.717) is 21.3 Å². The minimum absolute atomic E-state index is 0.114. The molecule has 2 heterocycles. The Morgan fingerprint density at radius 2 is 1.83 bits per heavy atom. The first-order valence-corrected chi connectivity index (χ1v) is 9.42. The molecule has 0 saturated carbocycles. The van der Waals surface area contributed by atoms with Gasteiger partial charge in [-0.05, 0) is 48.5 Å². The van der Waals surface area contributed by atoms with Gasteiger partial charge >= 0.3 is 0 Å². The van der Waals surface area contributed by atoms with Crippen LogP contribution in [0.15, 0.2) is 59.2 Å². The van der Waals surface area contributed by atoms with Gasteiger partial charge in [-0.15, -0.1) is 11.3 Å². The molecule has 0 aliphatic rings. The number of carbonyl (C=O) groups excluding carboxylic acids is 3. The van der Waals surface area contributed by atoms with Crippen molar-refractivity contribution in [1.29, 1.82) is 0 Å². The Labute approximate surface area is 171 Å². The number of hydrogen-bond donors (Lipinski definition) is 2. The Morgan fingerprint density at radius 1 is 1.07 bits per heavy atom. The normalized spacial score (nSPS) is 10.3. The molecule has 0 bridgehead atoms. The molecule has 1 aromatic carbocycles. The number of hydrogen-bond acceptors (Lipinski definition) is 6. The van der Waals surface area contributed by atoms with Gasteiger partial charge in [0.1, 0.15) is 5.75 Å². The van der Waals surface area contributed by atoms with E-state index in [2.05, 4.69) is 10.6 Å². The quantitative estimate of drug-likeness (QED) is 0.619. The van der Waals surface area contributed by atoms with Gasteiger partial charge in [0.2, 0.25) is 5.91 Å². The Balaban J connectivity index is 1.54. The average molecular weight is 413 g/mol. The number of ether oxygens (including phenoxy) is 1. The zero-order chi connectivity index (χ0) is 20.8. The Hall–Kier alpha value is -3.59. The maximum absolute atomic E-state index is 12.6. The van der Waals surface area contributed by atoms with Gasteiger partial charge in [-0.2, -0.15) is 0 Å². The summed E-state index contributed by atoms with van der Waals surface area (Å²) in [5.74, 6) is -0.183. The molecule has 0 saturated heterocycles. The van der Waals surface area contributed by atoms with Crippen LogP contribution in [0.25, 0.3) is 0 Å². The van der Waals surface area contributed by atoms with Crippen LogP contribution in [0, 0.1) is 0 Å². The molecule has 0 aliphatic heterocycles. The minimum Gasteiger partial charge on any atom is -0.497 e. The molecular weight excluding hydrogens is 394 g/mol. The highest BCUT2D eigenvalue weighted by molar-refractivity contribution is 7.18. The van der Waals surface area contributed by atoms with Crippen molar-refractivity contribution in [2.75, 3.05) is 31.3 Å². The Bertz CT molecular complexity index is 996. The van der Waals surface area contributed by atoms with E-state index in [1.165, 1.54) is 18.2 Å². The van der Waals surface area contributed by atoms with Crippen molar-refractivity contribution < 1.29 is 23.5 Å². The fourth-order valence-electron chi connectivity index (χ4n) is 2.45. The molecule has 2 aromatic heterocycles. The van der Waals surface area contributed by atoms with Crippen molar-refractivity contribution in [2.45, 2.75) is 0 Å². The van der Waals surface area contributed by atoms with Crippen LogP contribution in [0.4, 0.5) is 10.7 Å². The zero-order valence-corrected chi connectivity index (χ0v) is 16.6. The van der Waals surface area contributed by atoms with Crippen molar-refractivity contribution in [1.82, 2.24) is 4.90 Å². The number of thiophene rings is 1. The molecule has 0 atom stereocenters. The van der Waals surface area contributed by atoms with Gasteiger partial charge in [-0.25, -0.2) is 0 Å². The van der Waals surface area contributed by atoms with E-state index < -0.39 is 5.91 Å². The summed E-state index contributed by atoms with van der Waals surface area (Å²) in [5.41, 5.74) is 0.607. The highest BCUT2D eigenvalue weighted by Crippen LogP contribution is 2.24. The van der Waals surface area contributed by atoms with Crippen LogP contribution in [0.1, 0.15) is 20.2 Å². The summed E-state index contributed by atoms with van der Waals surface area (Å²) in [5, 5.41) is 5.90. The average Bonchev–Trinajstić information content (AvgIpc) is 3.40. The third-order valence-corrected chi connectivity index (χ3v) is 4.89. The largest absolute Gasteiger partial charge is 0.497 e. The maximum Gasteiger partial charge on any atom is 0.291 e. The Kier molecular flexibility index (Phi) is 6.30. The van der Waals surface area contributed by atoms with Gasteiger partial charge in [0.15, 0.2) is 5.76 Å². The third-order valence-electron chi connectivity index (χ3n) is 3.90. The number of likely N-dealkylation sites (N-methyl/N-ethyl adjacent to an activating group) is 1. The highest BCUT2D eigenvalue weighted by Gasteiger charge is 2.18. The second kappa shape index (κ2) is 9.07. The Morgan fingerprint density at radius 3 is 2.48 bits per heavy atom. The van der Waals surface area contributed by atoms with Gasteiger partial charge in [0.25, 0.3) is 11.8 Å². The molecule has 3 rings (SSSR count). The summed E-state index contributed by atoms with van der Waals surface area (Å²) < 4.78 is 10.1. The smallest absolute Gasteiger partial charge is 0.291 e. The van der Waals surface area contributed by atoms with Crippen LogP contribution < -0.4 is 15.4 Å². The van der Waals surface area contributed by atoms with Gasteiger partial charge < -0.3 is 24.7 Å². The number of furan rings is 1. The first-order valence-electron chi connectivity index (χ1n) is 8.60. The van der Waals surface area contributed by atoms with E-state index in [-0.39, 0.29) is 24.1 Å². The minimum atomic E-state index is -0.400. The van der Waals surface area contributed by atoms with Crippen LogP contribution in [0.3, 0.4) is 0 Å². The van der Waals surface area contributed by atoms with E-state index in [1.54, 1.807) is 55.6 Å². The van der Waals surface area contributed by atoms with Crippen LogP contribution in [0.5, 0.6) is 5.75 Å². The number of amides is 3. The molecular formula is C20H19N3O5S. The maximum atomic E-state index is 12.6. The molecule has 3 amide bonds. The number of rotatable bonds is 7. The summed E-state index contributed by atoms with van der Waals surface area (Å²) >= 11 is 1.12. The predicted molar refractivity (Wildman–Crippen MR) is 110 cm³/mol. The van der Waals surface area contributed by atoms with Crippen molar-refractivity contribution >= 4 is 39.7 Å². The second-order valence-corrected chi connectivity index (χ2v) is 7.12. The van der Waals surface area contributed by atoms with E-state index in [0.717, 1.165) is 11.3 Å². The monoisotopic (exact) mass is 413 g/mol. The van der Waals surface area contributed by atoms with Gasteiger partial charge in [0.05, 0.1) is 29.8 Å². The number of anilines is 2. The lowest BCUT2D eigenvalue weighted by molar-refractivity contribution is -0.116. The zero-order valence-electron chi connectivity index (χ0n) is 15.8. The number of nitrogens with one attached hydrogen (secondary N) is 2. The SMILES string of the molecule is COc1ccc(NC(=O)CN(C)C(=O)c2ccc(NC(=O)c3ccco3)s2)cc1. The van der Waals surface area contributed by atoms with E-state index in [1.807, 2.05) is 0 Å². The van der Waals surface area contributed by atoms with Gasteiger partial charge in [-0.1, -0.05) is 0 Å². The standard InChI is InChI=1S/C20H19N3O5S/c1-23(12-17(24)21-13-5-7-14(27-2)8-6-13)20(26)16-9-10-18(29-16)22-19(25)15-4-3-11-28-15/h3-11H,12H2,1-2H3,(H,21,24)(H,22,25). The summed E-state index contributed by atoms with van der Waals surface area (Å²) in [4.78, 5) is 38.5. The molecule has 0 fully saturated rings. The molecule has 29 heavy (non-hydrogen) atoms. The van der Waals surface area contributed by atoms with Gasteiger partial charge in [-0.3, -0.25) is 14.4 Å². The summed E-state index contributed by atoms with van der Waals surface area (Å²) in [6.45, 7) is -0.114. The summed E-state index contributed by atoms with van der Waals surface area (Å²) in [6.07, 6.45) is 1.41. The molecule has 2 N–H and O–H groups in total. The fraction of sp³-hybridized carbons (Fsp3) is 0.150. The van der Waals surface area contributed by atoms with Crippen molar-refractivity contribution in [3.63, 3.8) is 0 Å². The number of carbonyl (C=O) groups is 3. The van der Waals surface area contributed by atoms with Crippen molar-refractivity contribution in [2.24, 2.45) is 0 Å². The van der Waals surface area contributed by atoms with E-state index in [4.69, 9.17) is 9.15 Å². The number of nitrogens with zero attached hydrogens (tertiary/aromatic N) is 1. The second-order valence-electron chi connectivity index (χ2n) is 6.03. The number of benzene rings is 1. The summed E-state index contributed by atoms with van der Waals surface area (Å²) in [7, 11) is 3.10. The molecule has 8 nitrogen and oxygen atoms in total. The number of methoxy groups -OCH3 is 1. The third kappa shape index (κ3) is 5.23. The lowest BCUT2D eigenvalue weighted by atomic mass is 10.3. The lowest BCUT2D eigenvalue weighted by Gasteiger charge is -2.16. The van der Waals surface area contributed by atoms with Crippen LogP contribution >= 0.6 is 11.3 Å². The predicted octanol–water partition coefficient (Wildman–Crippen LogP) is 3.31. The van der Waals surface area contributed by atoms with E-state index in [9.17, 15) is 14.4 Å². The first kappa shape index (κ1) is 20.2. The molecule has 0 unspecified atom stereocenters. The molecule has 0 spiro atoms. The van der Waals surface area contributed by atoms with Crippen LogP contribution in [-0.4, -0.2) is 43.3 Å². The van der Waals surface area contributed by atoms with Crippen molar-refractivity contribution in [3.8, 4) is 5.75 Å². The molecule has 3 aromatic rings. The lowest BCUT2D eigenvalue weighted by Crippen LogP contribution is -2.34. The van der Waals surface area contributed by atoms with Gasteiger partial charge in [0, 0.05) is 12.7 Å². The van der Waals surface area contributed by atoms with Crippen LogP contribution in [0.2, 0.25) is 0 Å². The van der Waals surface area contributed by atoms with Crippen molar-refractivity contribution in [3.05, 3.63) is 65.4 Å². The summed E-state index contributed by atoms with van der Waals surface area (Å²) in [6, 6.07) is 13.3. The molecule has 0 aliphatic carbocycles. The molecule has 150 valence electrons.